The smallest absolute Gasteiger partial charge is 0.316 e. The molecular formula is C18H22N4O4. The van der Waals surface area contributed by atoms with Gasteiger partial charge in [-0.25, -0.2) is 15.0 Å². The van der Waals surface area contributed by atoms with E-state index in [2.05, 4.69) is 15.0 Å². The van der Waals surface area contributed by atoms with Gasteiger partial charge < -0.3 is 18.8 Å². The molecule has 0 aromatic carbocycles. The largest absolute Gasteiger partial charge is 0.460 e. The molecule has 26 heavy (non-hydrogen) atoms. The molecule has 2 fully saturated rings. The molecule has 1 spiro atoms. The lowest BCUT2D eigenvalue weighted by Crippen LogP contribution is -2.52. The van der Waals surface area contributed by atoms with Crippen molar-refractivity contribution in [2.45, 2.75) is 44.3 Å². The Labute approximate surface area is 151 Å². The highest BCUT2D eigenvalue weighted by molar-refractivity contribution is 5.92. The van der Waals surface area contributed by atoms with Crippen LogP contribution in [0.5, 0.6) is 6.01 Å². The number of likely N-dealkylation sites (tertiary alicyclic amines) is 1. The number of aryl methyl sites for hydroxylation is 1. The number of carbonyl (C=O) groups excluding carboxylic acids is 1. The third kappa shape index (κ3) is 3.41. The Morgan fingerprint density at radius 1 is 1.27 bits per heavy atom. The number of hydrogen-bond donors (Lipinski definition) is 0. The van der Waals surface area contributed by atoms with Crippen LogP contribution in [-0.4, -0.2) is 57.2 Å². The minimum atomic E-state index is -0.245. The van der Waals surface area contributed by atoms with Gasteiger partial charge in [0.2, 0.25) is 5.76 Å². The van der Waals surface area contributed by atoms with Crippen LogP contribution < -0.4 is 4.74 Å². The monoisotopic (exact) mass is 358 g/mol. The molecule has 0 bridgehead atoms. The van der Waals surface area contributed by atoms with E-state index >= 15 is 0 Å². The minimum Gasteiger partial charge on any atom is -0.460 e. The van der Waals surface area contributed by atoms with E-state index in [0.717, 1.165) is 25.7 Å². The predicted octanol–water partition coefficient (Wildman–Crippen LogP) is 2.01. The molecule has 1 atom stereocenters. The van der Waals surface area contributed by atoms with Crippen molar-refractivity contribution < 1.29 is 18.7 Å². The summed E-state index contributed by atoms with van der Waals surface area (Å²) in [6.07, 6.45) is 7.85. The van der Waals surface area contributed by atoms with E-state index in [9.17, 15) is 4.79 Å². The molecule has 1 unspecified atom stereocenters. The van der Waals surface area contributed by atoms with Gasteiger partial charge in [-0.3, -0.25) is 4.79 Å². The van der Waals surface area contributed by atoms with Crippen molar-refractivity contribution in [1.82, 2.24) is 19.9 Å². The van der Waals surface area contributed by atoms with Gasteiger partial charge in [-0.1, -0.05) is 0 Å². The van der Waals surface area contributed by atoms with Crippen molar-refractivity contribution >= 4 is 5.91 Å². The highest BCUT2D eigenvalue weighted by Gasteiger charge is 2.42. The fraction of sp³-hybridized carbons (Fsp3) is 0.556. The second-order valence-electron chi connectivity index (χ2n) is 6.85. The quantitative estimate of drug-likeness (QED) is 0.829. The van der Waals surface area contributed by atoms with E-state index in [1.807, 2.05) is 4.90 Å². The summed E-state index contributed by atoms with van der Waals surface area (Å²) in [4.78, 5) is 26.6. The van der Waals surface area contributed by atoms with Gasteiger partial charge >= 0.3 is 6.01 Å². The lowest BCUT2D eigenvalue weighted by molar-refractivity contribution is -0.136. The lowest BCUT2D eigenvalue weighted by atomic mass is 9.83. The third-order valence-corrected chi connectivity index (χ3v) is 5.16. The zero-order valence-electron chi connectivity index (χ0n) is 14.8. The van der Waals surface area contributed by atoms with Crippen molar-refractivity contribution in [3.8, 4) is 6.01 Å². The van der Waals surface area contributed by atoms with Crippen molar-refractivity contribution in [1.29, 1.82) is 0 Å². The van der Waals surface area contributed by atoms with E-state index < -0.39 is 0 Å². The Morgan fingerprint density at radius 2 is 2.04 bits per heavy atom. The van der Waals surface area contributed by atoms with Crippen LogP contribution in [0.15, 0.2) is 29.3 Å². The molecule has 138 valence electrons. The Bertz CT molecular complexity index is 756. The number of aromatic nitrogens is 3. The van der Waals surface area contributed by atoms with Gasteiger partial charge in [-0.05, 0) is 25.8 Å². The number of oxazole rings is 1. The standard InChI is InChI=1S/C18H22N4O4/c1-13-15(24-12-21-13)16(23)22-8-4-18(5-9-22)11-14(3-10-25-18)26-17-19-6-2-7-20-17/h2,6-7,12,14H,3-5,8-11H2,1H3. The number of amides is 1. The lowest BCUT2D eigenvalue weighted by Gasteiger charge is -2.45. The Balaban J connectivity index is 1.37. The Hall–Kier alpha value is -2.48. The van der Waals surface area contributed by atoms with Crippen LogP contribution in [0.2, 0.25) is 0 Å². The van der Waals surface area contributed by atoms with E-state index in [1.165, 1.54) is 6.39 Å². The first-order valence-corrected chi connectivity index (χ1v) is 8.92. The van der Waals surface area contributed by atoms with Crippen LogP contribution in [-0.2, 0) is 4.74 Å². The van der Waals surface area contributed by atoms with Crippen molar-refractivity contribution in [2.75, 3.05) is 19.7 Å². The van der Waals surface area contributed by atoms with Crippen molar-refractivity contribution in [3.05, 3.63) is 36.3 Å². The van der Waals surface area contributed by atoms with Crippen LogP contribution in [0.1, 0.15) is 41.9 Å². The number of piperidine rings is 1. The molecule has 2 aliphatic rings. The third-order valence-electron chi connectivity index (χ3n) is 5.16. The minimum absolute atomic E-state index is 0.0323. The maximum Gasteiger partial charge on any atom is 0.316 e. The van der Waals surface area contributed by atoms with Crippen molar-refractivity contribution in [3.63, 3.8) is 0 Å². The number of ether oxygens (including phenoxy) is 2. The van der Waals surface area contributed by atoms with Gasteiger partial charge in [0.1, 0.15) is 6.10 Å². The van der Waals surface area contributed by atoms with Crippen LogP contribution in [0, 0.1) is 6.92 Å². The molecule has 2 aliphatic heterocycles. The first kappa shape index (κ1) is 17.0. The molecule has 8 nitrogen and oxygen atoms in total. The van der Waals surface area contributed by atoms with Gasteiger partial charge in [0, 0.05) is 38.3 Å². The normalized spacial score (nSPS) is 22.3. The van der Waals surface area contributed by atoms with Crippen LogP contribution in [0.4, 0.5) is 0 Å². The number of nitrogens with zero attached hydrogens (tertiary/aromatic N) is 4. The van der Waals surface area contributed by atoms with Crippen LogP contribution >= 0.6 is 0 Å². The Morgan fingerprint density at radius 3 is 2.73 bits per heavy atom. The van der Waals surface area contributed by atoms with Gasteiger partial charge in [0.05, 0.1) is 17.9 Å². The van der Waals surface area contributed by atoms with E-state index in [4.69, 9.17) is 13.9 Å². The molecule has 2 saturated heterocycles. The Kier molecular flexibility index (Phi) is 4.58. The maximum atomic E-state index is 12.6. The zero-order valence-corrected chi connectivity index (χ0v) is 14.8. The molecule has 0 saturated carbocycles. The average Bonchev–Trinajstić information content (AvgIpc) is 3.09. The second kappa shape index (κ2) is 7.03. The van der Waals surface area contributed by atoms with Crippen molar-refractivity contribution in [2.24, 2.45) is 0 Å². The molecule has 2 aromatic rings. The summed E-state index contributed by atoms with van der Waals surface area (Å²) < 4.78 is 17.3. The molecule has 0 aliphatic carbocycles. The topological polar surface area (TPSA) is 90.6 Å². The highest BCUT2D eigenvalue weighted by Crippen LogP contribution is 2.36. The first-order valence-electron chi connectivity index (χ1n) is 8.92. The molecular weight excluding hydrogens is 336 g/mol. The first-order chi connectivity index (χ1) is 12.7. The summed E-state index contributed by atoms with van der Waals surface area (Å²) >= 11 is 0. The second-order valence-corrected chi connectivity index (χ2v) is 6.85. The van der Waals surface area contributed by atoms with Gasteiger partial charge in [0.25, 0.3) is 5.91 Å². The average molecular weight is 358 g/mol. The molecule has 2 aromatic heterocycles. The van der Waals surface area contributed by atoms with E-state index in [-0.39, 0.29) is 17.6 Å². The number of hydrogen-bond acceptors (Lipinski definition) is 7. The number of rotatable bonds is 3. The zero-order chi connectivity index (χ0) is 18.0. The summed E-state index contributed by atoms with van der Waals surface area (Å²) in [7, 11) is 0. The number of carbonyl (C=O) groups is 1. The van der Waals surface area contributed by atoms with Gasteiger partial charge in [0.15, 0.2) is 6.39 Å². The van der Waals surface area contributed by atoms with Crippen LogP contribution in [0.3, 0.4) is 0 Å². The molecule has 0 radical (unpaired) electrons. The highest BCUT2D eigenvalue weighted by atomic mass is 16.5. The summed E-state index contributed by atoms with van der Waals surface area (Å²) in [5, 5.41) is 0. The van der Waals surface area contributed by atoms with E-state index in [1.54, 1.807) is 25.4 Å². The molecule has 8 heteroatoms. The van der Waals surface area contributed by atoms with Gasteiger partial charge in [-0.2, -0.15) is 0 Å². The molecule has 4 rings (SSSR count). The molecule has 4 heterocycles. The summed E-state index contributed by atoms with van der Waals surface area (Å²) in [5.74, 6) is 0.226. The summed E-state index contributed by atoms with van der Waals surface area (Å²) in [6, 6.07) is 2.17. The summed E-state index contributed by atoms with van der Waals surface area (Å²) in [6.45, 7) is 3.69. The molecule has 0 N–H and O–H groups in total. The maximum absolute atomic E-state index is 12.6. The van der Waals surface area contributed by atoms with E-state index in [0.29, 0.717) is 37.2 Å². The van der Waals surface area contributed by atoms with Crippen LogP contribution in [0.25, 0.3) is 0 Å². The molecule has 1 amide bonds. The van der Waals surface area contributed by atoms with Gasteiger partial charge in [-0.15, -0.1) is 0 Å². The predicted molar refractivity (Wildman–Crippen MR) is 90.7 cm³/mol. The fourth-order valence-electron chi connectivity index (χ4n) is 3.70. The SMILES string of the molecule is Cc1ncoc1C(=O)N1CCC2(CC1)CC(Oc1ncccn1)CCO2. The summed E-state index contributed by atoms with van der Waals surface area (Å²) in [5.41, 5.74) is 0.380. The fourth-order valence-corrected chi connectivity index (χ4v) is 3.70.